The van der Waals surface area contributed by atoms with Gasteiger partial charge in [-0.25, -0.2) is 0 Å². The summed E-state index contributed by atoms with van der Waals surface area (Å²) in [4.78, 5) is 22.3. The van der Waals surface area contributed by atoms with E-state index in [-0.39, 0.29) is 11.9 Å². The van der Waals surface area contributed by atoms with E-state index in [1.807, 2.05) is 55.5 Å². The minimum Gasteiger partial charge on any atom is -0.424 e. The number of hydrazone groups is 1. The number of amides is 1. The summed E-state index contributed by atoms with van der Waals surface area (Å²) in [6.07, 6.45) is 1.75. The van der Waals surface area contributed by atoms with Gasteiger partial charge < -0.3 is 19.7 Å². The fourth-order valence-corrected chi connectivity index (χ4v) is 3.40. The lowest BCUT2D eigenvalue weighted by Gasteiger charge is -2.28. The van der Waals surface area contributed by atoms with Crippen LogP contribution in [0.15, 0.2) is 59.7 Å². The molecule has 2 aromatic carbocycles. The van der Waals surface area contributed by atoms with Crippen LogP contribution in [0, 0.1) is 6.92 Å². The monoisotopic (exact) mass is 460 g/mol. The summed E-state index contributed by atoms with van der Waals surface area (Å²) in [5.74, 6) is 1.79. The Morgan fingerprint density at radius 1 is 1.15 bits per heavy atom. The van der Waals surface area contributed by atoms with Gasteiger partial charge in [0.25, 0.3) is 0 Å². The number of carbonyl (C=O) groups excluding carboxylic acids is 1. The van der Waals surface area contributed by atoms with Crippen LogP contribution in [-0.4, -0.2) is 48.4 Å². The molecule has 176 valence electrons. The summed E-state index contributed by atoms with van der Waals surface area (Å²) in [5, 5.41) is 7.11. The van der Waals surface area contributed by atoms with Crippen LogP contribution in [0.3, 0.4) is 0 Å². The van der Waals surface area contributed by atoms with Gasteiger partial charge in [0.2, 0.25) is 5.91 Å². The molecule has 0 spiro atoms. The number of hydrogen-bond acceptors (Lipinski definition) is 8. The molecule has 1 aliphatic rings. The van der Waals surface area contributed by atoms with Gasteiger partial charge in [-0.3, -0.25) is 10.2 Å². The zero-order valence-corrected chi connectivity index (χ0v) is 19.3. The first-order valence-electron chi connectivity index (χ1n) is 11.1. The Balaban J connectivity index is 1.51. The summed E-state index contributed by atoms with van der Waals surface area (Å²) in [7, 11) is 0. The van der Waals surface area contributed by atoms with Crippen molar-refractivity contribution in [1.82, 2.24) is 15.3 Å². The van der Waals surface area contributed by atoms with Crippen molar-refractivity contribution >= 4 is 23.8 Å². The van der Waals surface area contributed by atoms with Crippen molar-refractivity contribution in [2.45, 2.75) is 20.4 Å². The Morgan fingerprint density at radius 2 is 1.94 bits per heavy atom. The van der Waals surface area contributed by atoms with Crippen LogP contribution < -0.4 is 20.4 Å². The van der Waals surface area contributed by atoms with Gasteiger partial charge in [0.05, 0.1) is 19.4 Å². The van der Waals surface area contributed by atoms with Gasteiger partial charge in [-0.1, -0.05) is 42.0 Å². The highest BCUT2D eigenvalue weighted by molar-refractivity contribution is 5.80. The van der Waals surface area contributed by atoms with Crippen LogP contribution in [0.2, 0.25) is 0 Å². The standard InChI is InChI=1S/C25H28N6O3/c1-18-4-3-5-21(14-18)17-27-30-23-15-24(31-10-12-33-13-11-31)29-25(28-23)34-22-8-6-20(7-9-22)16-26-19(2)32/h3-9,14-15,17H,10-13,16H2,1-2H3,(H,26,32)(H,28,29,30). The summed E-state index contributed by atoms with van der Waals surface area (Å²) in [6, 6.07) is 17.6. The van der Waals surface area contributed by atoms with Gasteiger partial charge in [0, 0.05) is 32.6 Å². The zero-order chi connectivity index (χ0) is 23.8. The predicted octanol–water partition coefficient (Wildman–Crippen LogP) is 3.50. The molecule has 1 fully saturated rings. The lowest BCUT2D eigenvalue weighted by atomic mass is 10.2. The highest BCUT2D eigenvalue weighted by atomic mass is 16.5. The van der Waals surface area contributed by atoms with Crippen LogP contribution in [0.5, 0.6) is 11.8 Å². The van der Waals surface area contributed by atoms with Gasteiger partial charge in [-0.05, 0) is 30.2 Å². The molecule has 9 nitrogen and oxygen atoms in total. The first-order valence-corrected chi connectivity index (χ1v) is 11.1. The average molecular weight is 461 g/mol. The summed E-state index contributed by atoms with van der Waals surface area (Å²) < 4.78 is 11.4. The molecule has 2 N–H and O–H groups in total. The second-order valence-corrected chi connectivity index (χ2v) is 7.93. The molecule has 0 atom stereocenters. The third kappa shape index (κ3) is 6.76. The molecule has 4 rings (SSSR count). The number of benzene rings is 2. The number of anilines is 2. The van der Waals surface area contributed by atoms with Gasteiger partial charge in [0.1, 0.15) is 11.6 Å². The van der Waals surface area contributed by atoms with E-state index in [4.69, 9.17) is 9.47 Å². The Kier molecular flexibility index (Phi) is 7.67. The van der Waals surface area contributed by atoms with Gasteiger partial charge in [-0.2, -0.15) is 15.1 Å². The fraction of sp³-hybridized carbons (Fsp3) is 0.280. The molecule has 1 saturated heterocycles. The molecule has 0 unspecified atom stereocenters. The van der Waals surface area contributed by atoms with Crippen LogP contribution in [-0.2, 0) is 16.1 Å². The number of nitrogens with one attached hydrogen (secondary N) is 2. The van der Waals surface area contributed by atoms with E-state index < -0.39 is 0 Å². The lowest BCUT2D eigenvalue weighted by molar-refractivity contribution is -0.119. The second kappa shape index (κ2) is 11.2. The molecule has 1 amide bonds. The van der Waals surface area contributed by atoms with E-state index in [1.54, 1.807) is 6.21 Å². The third-order valence-corrected chi connectivity index (χ3v) is 5.14. The molecule has 1 aliphatic heterocycles. The summed E-state index contributed by atoms with van der Waals surface area (Å²) in [6.45, 7) is 6.76. The third-order valence-electron chi connectivity index (χ3n) is 5.14. The molecule has 0 radical (unpaired) electrons. The molecule has 9 heteroatoms. The highest BCUT2D eigenvalue weighted by Crippen LogP contribution is 2.24. The molecular weight excluding hydrogens is 432 g/mol. The van der Waals surface area contributed by atoms with Gasteiger partial charge in [0.15, 0.2) is 5.82 Å². The first kappa shape index (κ1) is 23.2. The maximum absolute atomic E-state index is 11.1. The molecule has 1 aromatic heterocycles. The van der Waals surface area contributed by atoms with E-state index in [0.29, 0.717) is 31.3 Å². The van der Waals surface area contributed by atoms with Crippen molar-refractivity contribution in [2.75, 3.05) is 36.6 Å². The Labute approximate surface area is 198 Å². The van der Waals surface area contributed by atoms with E-state index in [2.05, 4.69) is 36.8 Å². The summed E-state index contributed by atoms with van der Waals surface area (Å²) >= 11 is 0. The quantitative estimate of drug-likeness (QED) is 0.392. The van der Waals surface area contributed by atoms with Crippen molar-refractivity contribution < 1.29 is 14.3 Å². The number of aryl methyl sites for hydroxylation is 1. The van der Waals surface area contributed by atoms with Crippen LogP contribution >= 0.6 is 0 Å². The van der Waals surface area contributed by atoms with Gasteiger partial charge in [-0.15, -0.1) is 0 Å². The Bertz CT molecular complexity index is 1140. The second-order valence-electron chi connectivity index (χ2n) is 7.93. The number of rotatable bonds is 8. The predicted molar refractivity (Wildman–Crippen MR) is 131 cm³/mol. The Hall–Kier alpha value is -3.98. The van der Waals surface area contributed by atoms with Crippen molar-refractivity contribution in [3.8, 4) is 11.8 Å². The number of aromatic nitrogens is 2. The molecule has 34 heavy (non-hydrogen) atoms. The van der Waals surface area contributed by atoms with Crippen molar-refractivity contribution in [3.63, 3.8) is 0 Å². The number of carbonyl (C=O) groups is 1. The average Bonchev–Trinajstić information content (AvgIpc) is 2.84. The number of morpholine rings is 1. The number of nitrogens with zero attached hydrogens (tertiary/aromatic N) is 4. The van der Waals surface area contributed by atoms with E-state index >= 15 is 0 Å². The number of hydrogen-bond donors (Lipinski definition) is 2. The van der Waals surface area contributed by atoms with E-state index in [1.165, 1.54) is 12.5 Å². The molecular formula is C25H28N6O3. The van der Waals surface area contributed by atoms with Crippen LogP contribution in [0.25, 0.3) is 0 Å². The van der Waals surface area contributed by atoms with E-state index in [9.17, 15) is 4.79 Å². The maximum Gasteiger partial charge on any atom is 0.325 e. The SMILES string of the molecule is CC(=O)NCc1ccc(Oc2nc(NN=Cc3cccc(C)c3)cc(N3CCOCC3)n2)cc1. The molecule has 3 aromatic rings. The van der Waals surface area contributed by atoms with E-state index in [0.717, 1.165) is 30.0 Å². The first-order chi connectivity index (χ1) is 16.5. The maximum atomic E-state index is 11.1. The molecule has 0 aliphatic carbocycles. The van der Waals surface area contributed by atoms with Gasteiger partial charge >= 0.3 is 6.01 Å². The lowest BCUT2D eigenvalue weighted by Crippen LogP contribution is -2.36. The molecule has 0 bridgehead atoms. The smallest absolute Gasteiger partial charge is 0.325 e. The van der Waals surface area contributed by atoms with Crippen LogP contribution in [0.1, 0.15) is 23.6 Å². The topological polar surface area (TPSA) is 101 Å². The van der Waals surface area contributed by atoms with Crippen molar-refractivity contribution in [3.05, 3.63) is 71.3 Å². The molecule has 2 heterocycles. The minimum atomic E-state index is -0.0706. The van der Waals surface area contributed by atoms with Crippen LogP contribution in [0.4, 0.5) is 11.6 Å². The Morgan fingerprint density at radius 3 is 2.68 bits per heavy atom. The van der Waals surface area contributed by atoms with Crippen molar-refractivity contribution in [1.29, 1.82) is 0 Å². The summed E-state index contributed by atoms with van der Waals surface area (Å²) in [5.41, 5.74) is 6.12. The highest BCUT2D eigenvalue weighted by Gasteiger charge is 2.16. The normalized spacial score (nSPS) is 13.6. The fourth-order valence-electron chi connectivity index (χ4n) is 3.40. The van der Waals surface area contributed by atoms with Crippen molar-refractivity contribution in [2.24, 2.45) is 5.10 Å². The minimum absolute atomic E-state index is 0.0706. The number of ether oxygens (including phenoxy) is 2. The zero-order valence-electron chi connectivity index (χ0n) is 19.3. The molecule has 0 saturated carbocycles. The largest absolute Gasteiger partial charge is 0.424 e.